The molecule has 0 atom stereocenters. The number of alkyl halides is 1. The van der Waals surface area contributed by atoms with Crippen molar-refractivity contribution in [2.45, 2.75) is 0 Å². The zero-order valence-electron chi connectivity index (χ0n) is 7.03. The first-order valence-electron chi connectivity index (χ1n) is 2.04. The van der Waals surface area contributed by atoms with Gasteiger partial charge in [-0.1, -0.05) is 0 Å². The summed E-state index contributed by atoms with van der Waals surface area (Å²) in [4.78, 5) is 0. The molecule has 0 bridgehead atoms. The third-order valence-electron chi connectivity index (χ3n) is 0.321. The molecule has 0 saturated heterocycles. The summed E-state index contributed by atoms with van der Waals surface area (Å²) in [6.07, 6.45) is 0. The number of hydrogen-bond acceptors (Lipinski definition) is 5. The largest absolute Gasteiger partial charge is 1.00 e. The van der Waals surface area contributed by atoms with Gasteiger partial charge in [-0.2, -0.15) is 0 Å². The third kappa shape index (κ3) is 53.2. The van der Waals surface area contributed by atoms with Gasteiger partial charge in [-0.05, 0) is 0 Å². The average Bonchev–Trinajstić information content (AvgIpc) is 1.58. The molecule has 0 N–H and O–H groups in total. The van der Waals surface area contributed by atoms with Crippen LogP contribution in [0.4, 0.5) is 0 Å². The van der Waals surface area contributed by atoms with Gasteiger partial charge >= 0.3 is 59.1 Å². The van der Waals surface area contributed by atoms with Crippen LogP contribution in [0.5, 0.6) is 0 Å². The Labute approximate surface area is 133 Å². The first-order valence-corrected chi connectivity index (χ1v) is 6.06. The van der Waals surface area contributed by atoms with E-state index in [1.54, 1.807) is 0 Å². The van der Waals surface area contributed by atoms with Crippen LogP contribution in [-0.2, 0) is 20.4 Å². The van der Waals surface area contributed by atoms with Gasteiger partial charge < -0.3 is 9.11 Å². The van der Waals surface area contributed by atoms with Crippen molar-refractivity contribution in [3.05, 3.63) is 0 Å². The average molecular weight is 289 g/mol. The topological polar surface area (TPSA) is 97.3 Å². The minimum Gasteiger partial charge on any atom is -0.784 e. The van der Waals surface area contributed by atoms with Crippen molar-refractivity contribution in [1.82, 2.24) is 0 Å². The normalized spacial score (nSPS) is 9.00. The maximum atomic E-state index is 9.91. The second kappa shape index (κ2) is 14.6. The van der Waals surface area contributed by atoms with Crippen molar-refractivity contribution in [3.63, 3.8) is 0 Å². The quantitative estimate of drug-likeness (QED) is 0.218. The molecule has 70 valence electrons. The van der Waals surface area contributed by atoms with E-state index in [4.69, 9.17) is 35.6 Å². The van der Waals surface area contributed by atoms with Gasteiger partial charge in [0.2, 0.25) is 9.05 Å². The number of hydrogen-bond donors (Lipinski definition) is 0. The van der Waals surface area contributed by atoms with Crippen molar-refractivity contribution < 1.29 is 80.8 Å². The van der Waals surface area contributed by atoms with E-state index in [0.717, 1.165) is 0 Å². The zero-order chi connectivity index (χ0) is 9.49. The number of rotatable bonds is 2. The molecular weight excluding hydrogens is 285 g/mol. The zero-order valence-corrected chi connectivity index (χ0v) is 14.2. The predicted octanol–water partition coefficient (Wildman–Crippen LogP) is -6.20. The molecular formula is C2H4Cl2Na2O5S2. The van der Waals surface area contributed by atoms with Crippen LogP contribution < -0.4 is 59.1 Å². The van der Waals surface area contributed by atoms with E-state index in [-0.39, 0.29) is 70.7 Å². The monoisotopic (exact) mass is 288 g/mol. The summed E-state index contributed by atoms with van der Waals surface area (Å²) in [5, 5.41) is 0. The minimum absolute atomic E-state index is 0. The van der Waals surface area contributed by atoms with Crippen LogP contribution in [-0.4, -0.2) is 33.4 Å². The molecule has 0 fully saturated rings. The van der Waals surface area contributed by atoms with Gasteiger partial charge in [0, 0.05) is 16.6 Å². The molecule has 0 aliphatic heterocycles. The Morgan fingerprint density at radius 1 is 1.23 bits per heavy atom. The van der Waals surface area contributed by atoms with Crippen LogP contribution in [0, 0.1) is 0 Å². The number of halogens is 2. The fourth-order valence-corrected chi connectivity index (χ4v) is 1.35. The van der Waals surface area contributed by atoms with Gasteiger partial charge in [0.25, 0.3) is 0 Å². The summed E-state index contributed by atoms with van der Waals surface area (Å²) in [5.74, 6) is -0.0953. The van der Waals surface area contributed by atoms with Gasteiger partial charge in [-0.25, -0.2) is 8.42 Å². The summed E-state index contributed by atoms with van der Waals surface area (Å²) in [5.41, 5.74) is 0. The second-order valence-electron chi connectivity index (χ2n) is 1.14. The minimum atomic E-state index is -3.33. The molecule has 0 aliphatic rings. The van der Waals surface area contributed by atoms with Crippen LogP contribution >= 0.6 is 22.3 Å². The van der Waals surface area contributed by atoms with Crippen molar-refractivity contribution >= 4 is 42.7 Å². The molecule has 0 saturated carbocycles. The smallest absolute Gasteiger partial charge is 0.784 e. The standard InChI is InChI=1S/C2H4Cl2O2S.2Na.H2O3S/c3-1-2-7(4,5)6;;;1-4(2)3/h1-2H2;;;(H2,1,2,3)/q;2*+1;/p-2. The van der Waals surface area contributed by atoms with E-state index in [1.165, 1.54) is 0 Å². The van der Waals surface area contributed by atoms with Gasteiger partial charge in [-0.15, -0.1) is 23.0 Å². The molecule has 0 amide bonds. The Morgan fingerprint density at radius 3 is 1.46 bits per heavy atom. The maximum Gasteiger partial charge on any atom is 1.00 e. The van der Waals surface area contributed by atoms with Gasteiger partial charge in [-0.3, -0.25) is 4.21 Å². The molecule has 0 unspecified atom stereocenters. The van der Waals surface area contributed by atoms with Gasteiger partial charge in [0.1, 0.15) is 0 Å². The first-order chi connectivity index (χ1) is 4.79. The van der Waals surface area contributed by atoms with Crippen molar-refractivity contribution in [2.75, 3.05) is 11.6 Å². The SMILES string of the molecule is O=S(=O)(Cl)CCCl.O=S([O-])[O-].[Na+].[Na+]. The molecule has 13 heavy (non-hydrogen) atoms. The Hall–Kier alpha value is 2.60. The van der Waals surface area contributed by atoms with E-state index in [9.17, 15) is 8.42 Å². The Balaban J connectivity index is -0.0000000600. The van der Waals surface area contributed by atoms with Crippen LogP contribution in [0.3, 0.4) is 0 Å². The first kappa shape index (κ1) is 24.7. The van der Waals surface area contributed by atoms with E-state index >= 15 is 0 Å². The van der Waals surface area contributed by atoms with E-state index in [2.05, 4.69) is 0 Å². The summed E-state index contributed by atoms with van der Waals surface area (Å²) in [6.45, 7) is 0. The van der Waals surface area contributed by atoms with Crippen LogP contribution in [0.2, 0.25) is 0 Å². The summed E-state index contributed by atoms with van der Waals surface area (Å²) < 4.78 is 45.2. The summed E-state index contributed by atoms with van der Waals surface area (Å²) in [6, 6.07) is 0. The van der Waals surface area contributed by atoms with Crippen LogP contribution in [0.15, 0.2) is 0 Å². The van der Waals surface area contributed by atoms with E-state index in [1.807, 2.05) is 0 Å². The fraction of sp³-hybridized carbons (Fsp3) is 1.00. The molecule has 0 aromatic rings. The Kier molecular flexibility index (Phi) is 27.8. The summed E-state index contributed by atoms with van der Waals surface area (Å²) >= 11 is 1.91. The molecule has 5 nitrogen and oxygen atoms in total. The summed E-state index contributed by atoms with van der Waals surface area (Å²) in [7, 11) is 1.39. The third-order valence-corrected chi connectivity index (χ3v) is 1.89. The second-order valence-corrected chi connectivity index (χ2v) is 4.82. The van der Waals surface area contributed by atoms with E-state index < -0.39 is 20.4 Å². The molecule has 0 spiro atoms. The maximum absolute atomic E-state index is 9.91. The van der Waals surface area contributed by atoms with Gasteiger partial charge in [0.15, 0.2) is 0 Å². The molecule has 0 rings (SSSR count). The van der Waals surface area contributed by atoms with Crippen LogP contribution in [0.1, 0.15) is 0 Å². The van der Waals surface area contributed by atoms with E-state index in [0.29, 0.717) is 0 Å². The van der Waals surface area contributed by atoms with Crippen molar-refractivity contribution in [3.8, 4) is 0 Å². The molecule has 0 aromatic carbocycles. The predicted molar refractivity (Wildman–Crippen MR) is 40.1 cm³/mol. The molecule has 11 heteroatoms. The van der Waals surface area contributed by atoms with Crippen molar-refractivity contribution in [2.24, 2.45) is 0 Å². The Morgan fingerprint density at radius 2 is 1.46 bits per heavy atom. The molecule has 0 aromatic heterocycles. The van der Waals surface area contributed by atoms with Crippen LogP contribution in [0.25, 0.3) is 0 Å². The molecule has 0 radical (unpaired) electrons. The molecule has 0 aliphatic carbocycles. The Bertz CT molecular complexity index is 203. The fourth-order valence-electron chi connectivity index (χ4n) is 0.0922. The molecule has 0 heterocycles. The van der Waals surface area contributed by atoms with Gasteiger partial charge in [0.05, 0.1) is 5.75 Å². The van der Waals surface area contributed by atoms with Crippen molar-refractivity contribution in [1.29, 1.82) is 0 Å².